The molecule has 252 valence electrons. The fourth-order valence-electron chi connectivity index (χ4n) is 5.13. The van der Waals surface area contributed by atoms with Crippen molar-refractivity contribution in [3.05, 3.63) is 135 Å². The molecule has 3 aromatic carbocycles. The van der Waals surface area contributed by atoms with E-state index in [1.165, 1.54) is 24.3 Å². The Hall–Kier alpha value is -5.72. The third kappa shape index (κ3) is 6.82. The highest BCUT2D eigenvalue weighted by atomic mass is 19.2. The van der Waals surface area contributed by atoms with E-state index in [0.717, 1.165) is 0 Å². The second-order valence-electron chi connectivity index (χ2n) is 11.7. The van der Waals surface area contributed by atoms with Gasteiger partial charge in [-0.2, -0.15) is 0 Å². The molecule has 0 fully saturated rings. The van der Waals surface area contributed by atoms with Crippen LogP contribution in [0, 0.1) is 40.8 Å². The number of aromatic nitrogens is 1. The van der Waals surface area contributed by atoms with Gasteiger partial charge in [0.15, 0.2) is 34.9 Å². The molecule has 13 heteroatoms. The summed E-state index contributed by atoms with van der Waals surface area (Å²) in [7, 11) is 0. The summed E-state index contributed by atoms with van der Waals surface area (Å²) in [5.74, 6) is -9.89. The van der Waals surface area contributed by atoms with Crippen LogP contribution in [-0.2, 0) is 0 Å². The van der Waals surface area contributed by atoms with Gasteiger partial charge >= 0.3 is 5.63 Å². The fourth-order valence-corrected chi connectivity index (χ4v) is 5.13. The first-order valence-corrected chi connectivity index (χ1v) is 14.9. The summed E-state index contributed by atoms with van der Waals surface area (Å²) in [6, 6.07) is 10.9. The summed E-state index contributed by atoms with van der Waals surface area (Å²) >= 11 is 0. The van der Waals surface area contributed by atoms with Crippen LogP contribution in [0.3, 0.4) is 0 Å². The van der Waals surface area contributed by atoms with Crippen molar-refractivity contribution >= 4 is 22.6 Å². The fraction of sp³-hybridized carbons (Fsp3) is 0.167. The van der Waals surface area contributed by atoms with Gasteiger partial charge in [0.05, 0.1) is 5.69 Å². The molecule has 0 saturated carbocycles. The minimum absolute atomic E-state index is 0.0230. The topological polar surface area (TPSA) is 86.0 Å². The van der Waals surface area contributed by atoms with E-state index >= 15 is 0 Å². The predicted octanol–water partition coefficient (Wildman–Crippen LogP) is 9.69. The molecule has 7 nitrogen and oxygen atoms in total. The maximum Gasteiger partial charge on any atom is 0.336 e. The lowest BCUT2D eigenvalue weighted by Gasteiger charge is -2.17. The van der Waals surface area contributed by atoms with Crippen LogP contribution in [0.5, 0.6) is 23.1 Å². The Balaban J connectivity index is 1.54. The second-order valence-corrected chi connectivity index (χ2v) is 11.7. The first-order chi connectivity index (χ1) is 23.3. The first-order valence-electron chi connectivity index (χ1n) is 14.9. The van der Waals surface area contributed by atoms with E-state index in [-0.39, 0.29) is 52.1 Å². The molecule has 0 unspecified atom stereocenters. The lowest BCUT2D eigenvalue weighted by atomic mass is 9.97. The number of nitrogens with one attached hydrogen (secondary N) is 1. The third-order valence-corrected chi connectivity index (χ3v) is 7.44. The van der Waals surface area contributed by atoms with Crippen LogP contribution in [-0.4, -0.2) is 10.9 Å². The quantitative estimate of drug-likeness (QED) is 0.100. The summed E-state index contributed by atoms with van der Waals surface area (Å²) in [4.78, 5) is 19.4. The van der Waals surface area contributed by atoms with Crippen molar-refractivity contribution < 1.29 is 45.0 Å². The maximum atomic E-state index is 14.6. The zero-order chi connectivity index (χ0) is 35.1. The molecule has 49 heavy (non-hydrogen) atoms. The van der Waals surface area contributed by atoms with Crippen molar-refractivity contribution in [2.24, 2.45) is 10.9 Å². The van der Waals surface area contributed by atoms with Gasteiger partial charge in [-0.3, -0.25) is 0 Å². The Morgan fingerprint density at radius 3 is 1.94 bits per heavy atom. The van der Waals surface area contributed by atoms with E-state index < -0.39 is 52.0 Å². The lowest BCUT2D eigenvalue weighted by molar-refractivity contribution is 0.391. The predicted molar refractivity (Wildman–Crippen MR) is 169 cm³/mol. The molecule has 0 amide bonds. The molecule has 0 bridgehead atoms. The van der Waals surface area contributed by atoms with Crippen LogP contribution in [0.15, 0.2) is 92.2 Å². The molecule has 0 radical (unpaired) electrons. The summed E-state index contributed by atoms with van der Waals surface area (Å²) in [5, 5.41) is 0.601. The third-order valence-electron chi connectivity index (χ3n) is 7.44. The van der Waals surface area contributed by atoms with Gasteiger partial charge in [0.2, 0.25) is 17.4 Å². The van der Waals surface area contributed by atoms with Crippen molar-refractivity contribution in [1.82, 2.24) is 4.98 Å². The van der Waals surface area contributed by atoms with Crippen LogP contribution in [0.1, 0.15) is 44.9 Å². The Kier molecular flexibility index (Phi) is 8.84. The number of aromatic amines is 1. The van der Waals surface area contributed by atoms with Crippen LogP contribution in [0.4, 0.5) is 26.3 Å². The molecule has 6 rings (SSSR count). The zero-order valence-corrected chi connectivity index (χ0v) is 26.3. The van der Waals surface area contributed by atoms with E-state index in [0.29, 0.717) is 40.8 Å². The Bertz CT molecular complexity index is 2220. The van der Waals surface area contributed by atoms with E-state index in [4.69, 9.17) is 18.6 Å². The van der Waals surface area contributed by atoms with Crippen molar-refractivity contribution in [2.75, 3.05) is 0 Å². The maximum absolute atomic E-state index is 14.6. The zero-order valence-electron chi connectivity index (χ0n) is 26.3. The summed E-state index contributed by atoms with van der Waals surface area (Å²) in [6.45, 7) is 7.29. The summed E-state index contributed by atoms with van der Waals surface area (Å²) < 4.78 is 108. The number of hydrogen-bond donors (Lipinski definition) is 1. The van der Waals surface area contributed by atoms with E-state index in [2.05, 4.69) is 9.98 Å². The van der Waals surface area contributed by atoms with Crippen molar-refractivity contribution in [3.63, 3.8) is 0 Å². The Labute approximate surface area is 274 Å². The Morgan fingerprint density at radius 1 is 0.755 bits per heavy atom. The molecule has 0 atom stereocenters. The minimum Gasteiger partial charge on any atom is -0.453 e. The molecule has 0 saturated heterocycles. The van der Waals surface area contributed by atoms with E-state index in [1.54, 1.807) is 18.2 Å². The highest BCUT2D eigenvalue weighted by molar-refractivity contribution is 5.97. The highest BCUT2D eigenvalue weighted by Gasteiger charge is 2.30. The Morgan fingerprint density at radius 2 is 1.35 bits per heavy atom. The van der Waals surface area contributed by atoms with E-state index in [1.807, 2.05) is 27.7 Å². The number of nitrogens with zero attached hydrogens (tertiary/aromatic N) is 1. The minimum atomic E-state index is -1.29. The largest absolute Gasteiger partial charge is 0.453 e. The average molecular weight is 681 g/mol. The van der Waals surface area contributed by atoms with Gasteiger partial charge in [0.1, 0.15) is 28.7 Å². The lowest BCUT2D eigenvalue weighted by Crippen LogP contribution is -2.07. The van der Waals surface area contributed by atoms with Gasteiger partial charge in [-0.05, 0) is 41.2 Å². The van der Waals surface area contributed by atoms with Crippen LogP contribution in [0.2, 0.25) is 0 Å². The smallest absolute Gasteiger partial charge is 0.336 e. The second kappa shape index (κ2) is 13.1. The van der Waals surface area contributed by atoms with Crippen molar-refractivity contribution in [3.8, 4) is 23.1 Å². The molecule has 0 aliphatic carbocycles. The van der Waals surface area contributed by atoms with Gasteiger partial charge in [-0.15, -0.1) is 0 Å². The first kappa shape index (κ1) is 33.2. The van der Waals surface area contributed by atoms with Gasteiger partial charge in [0, 0.05) is 53.9 Å². The normalized spacial score (nSPS) is 14.0. The summed E-state index contributed by atoms with van der Waals surface area (Å²) in [5.41, 5.74) is 0.991. The van der Waals surface area contributed by atoms with Crippen molar-refractivity contribution in [1.29, 1.82) is 0 Å². The van der Waals surface area contributed by atoms with E-state index in [9.17, 15) is 31.1 Å². The van der Waals surface area contributed by atoms with Gasteiger partial charge < -0.3 is 23.6 Å². The number of fused-ring (bicyclic) bond motifs is 1. The molecule has 1 N–H and O–H groups in total. The molecule has 1 aliphatic rings. The average Bonchev–Trinajstić information content (AvgIpc) is 3.64. The van der Waals surface area contributed by atoms with Crippen LogP contribution < -0.4 is 19.8 Å². The number of H-pyrrole nitrogens is 1. The summed E-state index contributed by atoms with van der Waals surface area (Å²) in [6.07, 6.45) is 1.43. The molecular weight excluding hydrogens is 654 g/mol. The molecule has 0 spiro atoms. The number of benzene rings is 3. The van der Waals surface area contributed by atoms with Crippen LogP contribution in [0.25, 0.3) is 16.7 Å². The van der Waals surface area contributed by atoms with Crippen LogP contribution >= 0.6 is 0 Å². The number of hydrogen-bond acceptors (Lipinski definition) is 6. The number of aliphatic imine (C=N–C) groups is 1. The van der Waals surface area contributed by atoms with Gasteiger partial charge in [0.25, 0.3) is 0 Å². The highest BCUT2D eigenvalue weighted by Crippen LogP contribution is 2.40. The molecular formula is C36H26F6N2O5. The number of ether oxygens (including phenoxy) is 3. The van der Waals surface area contributed by atoms with Gasteiger partial charge in [-0.25, -0.2) is 36.1 Å². The molecule has 3 heterocycles. The standard InChI is InChI=1S/C36H26F6N2O5/c1-16(2)22-14-29(48-34-24(39)9-19(37)10-25(34)40)43-32(22)36(46-21-7-5-18-6-8-31(45)47-28(18)13-21)33-23(17(3)4)15-30(44-33)49-35-26(41)11-20(38)12-27(35)42/h5-17,43H,1-4H3/b36-33+. The van der Waals surface area contributed by atoms with Crippen molar-refractivity contribution in [2.45, 2.75) is 33.6 Å². The molecule has 1 aliphatic heterocycles. The van der Waals surface area contributed by atoms with Gasteiger partial charge in [-0.1, -0.05) is 27.7 Å². The molecule has 5 aromatic rings. The monoisotopic (exact) mass is 680 g/mol. The number of allylic oxidation sites excluding steroid dienone is 1. The SMILES string of the molecule is CC(C)C1=CC(Oc2c(F)cc(F)cc2F)=N/C1=C(/Oc1ccc2ccc(=O)oc2c1)c1[nH]c(Oc2c(F)cc(F)cc2F)cc1C(C)C. The number of rotatable bonds is 8. The number of halogens is 6. The molecule has 2 aromatic heterocycles.